The minimum Gasteiger partial charge on any atom is -0.201 e. The molecule has 0 radical (unpaired) electrons. The molecular formula is C22H29N2+. The Morgan fingerprint density at radius 2 is 1.58 bits per heavy atom. The van der Waals surface area contributed by atoms with Crippen LogP contribution in [0.3, 0.4) is 0 Å². The zero-order chi connectivity index (χ0) is 18.3. The molecule has 24 heavy (non-hydrogen) atoms. The van der Waals surface area contributed by atoms with Crippen LogP contribution >= 0.6 is 0 Å². The summed E-state index contributed by atoms with van der Waals surface area (Å²) in [5, 5.41) is 9.36. The molecule has 0 aliphatic carbocycles. The third-order valence-electron chi connectivity index (χ3n) is 4.79. The molecule has 2 heteroatoms. The largest absolute Gasteiger partial charge is 0.212 e. The molecule has 0 saturated heterocycles. The average molecular weight is 321 g/mol. The minimum absolute atomic E-state index is 0.135. The summed E-state index contributed by atoms with van der Waals surface area (Å²) in [4.78, 5) is 0. The molecule has 2 nitrogen and oxygen atoms in total. The Bertz CT molecular complexity index is 815. The summed E-state index contributed by atoms with van der Waals surface area (Å²) in [5.74, 6) is 0. The first-order chi connectivity index (χ1) is 11.0. The van der Waals surface area contributed by atoms with E-state index >= 15 is 0 Å². The summed E-state index contributed by atoms with van der Waals surface area (Å²) >= 11 is 0. The van der Waals surface area contributed by atoms with E-state index in [0.717, 1.165) is 5.56 Å². The van der Waals surface area contributed by atoms with Crippen LogP contribution in [0.4, 0.5) is 0 Å². The highest BCUT2D eigenvalue weighted by Crippen LogP contribution is 2.30. The molecule has 2 rings (SSSR count). The molecule has 0 aliphatic heterocycles. The van der Waals surface area contributed by atoms with Crippen LogP contribution in [-0.2, 0) is 17.9 Å². The van der Waals surface area contributed by atoms with E-state index in [9.17, 15) is 5.26 Å². The van der Waals surface area contributed by atoms with Gasteiger partial charge in [0.1, 0.15) is 7.05 Å². The second-order valence-electron chi connectivity index (χ2n) is 8.38. The summed E-state index contributed by atoms with van der Waals surface area (Å²) in [6.07, 6.45) is 2.25. The van der Waals surface area contributed by atoms with Gasteiger partial charge in [-0.3, -0.25) is 0 Å². The number of hydrogen-bond acceptors (Lipinski definition) is 1. The van der Waals surface area contributed by atoms with Gasteiger partial charge in [-0.1, -0.05) is 32.9 Å². The molecule has 0 aliphatic rings. The SMILES string of the molecule is Cc1cc(C(C)(C)C#N)ccc1-c1cc(C)c(C(C)(C)C)c[n+]1C. The van der Waals surface area contributed by atoms with Crippen molar-refractivity contribution in [2.45, 2.75) is 59.3 Å². The molecule has 0 saturated carbocycles. The fraction of sp³-hybridized carbons (Fsp3) is 0.455. The van der Waals surface area contributed by atoms with Gasteiger partial charge in [0, 0.05) is 17.2 Å². The Balaban J connectivity index is 2.58. The highest BCUT2D eigenvalue weighted by Gasteiger charge is 2.24. The fourth-order valence-electron chi connectivity index (χ4n) is 3.21. The summed E-state index contributed by atoms with van der Waals surface area (Å²) in [6.45, 7) is 15.0. The Morgan fingerprint density at radius 1 is 0.958 bits per heavy atom. The Labute approximate surface area is 146 Å². The molecule has 0 N–H and O–H groups in total. The van der Waals surface area contributed by atoms with E-state index < -0.39 is 5.41 Å². The van der Waals surface area contributed by atoms with Crippen molar-refractivity contribution in [3.05, 3.63) is 52.7 Å². The average Bonchev–Trinajstić information content (AvgIpc) is 2.48. The van der Waals surface area contributed by atoms with Gasteiger partial charge in [-0.2, -0.15) is 5.26 Å². The van der Waals surface area contributed by atoms with Gasteiger partial charge in [-0.15, -0.1) is 0 Å². The number of nitrogens with zero attached hydrogens (tertiary/aromatic N) is 2. The maximum atomic E-state index is 9.36. The maximum absolute atomic E-state index is 9.36. The molecule has 0 spiro atoms. The summed E-state index contributed by atoms with van der Waals surface area (Å²) in [5.41, 5.74) is 7.06. The molecule has 0 fully saturated rings. The lowest BCUT2D eigenvalue weighted by atomic mass is 9.83. The van der Waals surface area contributed by atoms with Crippen molar-refractivity contribution in [2.75, 3.05) is 0 Å². The number of aryl methyl sites for hydroxylation is 3. The lowest BCUT2D eigenvalue weighted by Crippen LogP contribution is -2.34. The topological polar surface area (TPSA) is 27.7 Å². The van der Waals surface area contributed by atoms with Gasteiger partial charge in [0.25, 0.3) is 0 Å². The van der Waals surface area contributed by atoms with Crippen molar-refractivity contribution in [1.82, 2.24) is 0 Å². The molecular weight excluding hydrogens is 292 g/mol. The van der Waals surface area contributed by atoms with Gasteiger partial charge >= 0.3 is 0 Å². The third-order valence-corrected chi connectivity index (χ3v) is 4.79. The number of pyridine rings is 1. The zero-order valence-corrected chi connectivity index (χ0v) is 16.3. The fourth-order valence-corrected chi connectivity index (χ4v) is 3.21. The van der Waals surface area contributed by atoms with Gasteiger partial charge in [0.05, 0.1) is 11.5 Å². The van der Waals surface area contributed by atoms with Gasteiger partial charge in [0.15, 0.2) is 6.20 Å². The smallest absolute Gasteiger partial charge is 0.201 e. The molecule has 1 aromatic carbocycles. The molecule has 0 bridgehead atoms. The highest BCUT2D eigenvalue weighted by molar-refractivity contribution is 5.63. The first-order valence-electron chi connectivity index (χ1n) is 8.51. The van der Waals surface area contributed by atoms with E-state index in [0.29, 0.717) is 0 Å². The molecule has 2 aromatic rings. The number of aromatic nitrogens is 1. The molecule has 1 aromatic heterocycles. The van der Waals surface area contributed by atoms with Crippen LogP contribution in [0.15, 0.2) is 30.5 Å². The van der Waals surface area contributed by atoms with Crippen molar-refractivity contribution in [2.24, 2.45) is 7.05 Å². The molecule has 0 atom stereocenters. The number of nitriles is 1. The maximum Gasteiger partial charge on any atom is 0.212 e. The predicted molar refractivity (Wildman–Crippen MR) is 99.9 cm³/mol. The van der Waals surface area contributed by atoms with E-state index in [-0.39, 0.29) is 5.41 Å². The van der Waals surface area contributed by atoms with Crippen LogP contribution in [0.5, 0.6) is 0 Å². The van der Waals surface area contributed by atoms with Crippen molar-refractivity contribution < 1.29 is 4.57 Å². The van der Waals surface area contributed by atoms with Gasteiger partial charge < -0.3 is 0 Å². The number of hydrogen-bond donors (Lipinski definition) is 0. The van der Waals surface area contributed by atoms with Gasteiger partial charge in [0.2, 0.25) is 5.69 Å². The van der Waals surface area contributed by atoms with E-state index in [1.807, 2.05) is 13.8 Å². The molecule has 1 heterocycles. The zero-order valence-electron chi connectivity index (χ0n) is 16.3. The van der Waals surface area contributed by atoms with Gasteiger partial charge in [-0.05, 0) is 55.9 Å². The van der Waals surface area contributed by atoms with Gasteiger partial charge in [-0.25, -0.2) is 4.57 Å². The standard InChI is InChI=1S/C22H29N2/c1-15-11-17(22(6,7)14-23)9-10-18(15)20-12-16(2)19(13-24(20)8)21(3,4)5/h9-13H,1-8H3/q+1. The minimum atomic E-state index is -0.461. The van der Waals surface area contributed by atoms with Crippen LogP contribution in [-0.4, -0.2) is 0 Å². The van der Waals surface area contributed by atoms with Crippen LogP contribution in [0.25, 0.3) is 11.3 Å². The monoisotopic (exact) mass is 321 g/mol. The summed E-state index contributed by atoms with van der Waals surface area (Å²) < 4.78 is 2.21. The van der Waals surface area contributed by atoms with Crippen molar-refractivity contribution in [3.8, 4) is 17.3 Å². The Morgan fingerprint density at radius 3 is 2.08 bits per heavy atom. The van der Waals surface area contributed by atoms with Crippen molar-refractivity contribution in [3.63, 3.8) is 0 Å². The van der Waals surface area contributed by atoms with E-state index in [1.165, 1.54) is 27.9 Å². The van der Waals surface area contributed by atoms with E-state index in [2.05, 4.69) is 82.8 Å². The summed E-state index contributed by atoms with van der Waals surface area (Å²) in [6, 6.07) is 11.0. The first-order valence-corrected chi connectivity index (χ1v) is 8.51. The van der Waals surface area contributed by atoms with E-state index in [4.69, 9.17) is 0 Å². The van der Waals surface area contributed by atoms with Crippen LogP contribution in [0, 0.1) is 25.2 Å². The second kappa shape index (κ2) is 6.06. The van der Waals surface area contributed by atoms with E-state index in [1.54, 1.807) is 0 Å². The summed E-state index contributed by atoms with van der Waals surface area (Å²) in [7, 11) is 2.11. The highest BCUT2D eigenvalue weighted by atomic mass is 14.9. The second-order valence-corrected chi connectivity index (χ2v) is 8.38. The quantitative estimate of drug-likeness (QED) is 0.723. The molecule has 0 unspecified atom stereocenters. The van der Waals surface area contributed by atoms with Crippen LogP contribution in [0.2, 0.25) is 0 Å². The van der Waals surface area contributed by atoms with Crippen LogP contribution in [0.1, 0.15) is 56.9 Å². The Hall–Kier alpha value is -2.14. The Kier molecular flexibility index (Phi) is 4.59. The van der Waals surface area contributed by atoms with Crippen LogP contribution < -0.4 is 4.57 Å². The predicted octanol–water partition coefficient (Wildman–Crippen LogP) is 4.89. The van der Waals surface area contributed by atoms with Crippen molar-refractivity contribution in [1.29, 1.82) is 5.26 Å². The van der Waals surface area contributed by atoms with Crippen molar-refractivity contribution >= 4 is 0 Å². The number of rotatable bonds is 2. The normalized spacial score (nSPS) is 12.1. The molecule has 0 amide bonds. The number of benzene rings is 1. The lowest BCUT2D eigenvalue weighted by molar-refractivity contribution is -0.661. The first kappa shape index (κ1) is 18.2. The lowest BCUT2D eigenvalue weighted by Gasteiger charge is -2.21. The molecule has 126 valence electrons. The third kappa shape index (κ3) is 3.36.